The number of hydrogen-bond acceptors (Lipinski definition) is 3. The van der Waals surface area contributed by atoms with E-state index >= 15 is 0 Å². The maximum Gasteiger partial charge on any atom is 0.248 e. The van der Waals surface area contributed by atoms with Crippen molar-refractivity contribution >= 4 is 16.9 Å². The first kappa shape index (κ1) is 24.3. The fourth-order valence-corrected chi connectivity index (χ4v) is 3.86. The Hall–Kier alpha value is -1.97. The molecule has 1 aromatic carbocycles. The maximum atomic E-state index is 12.3. The van der Waals surface area contributed by atoms with Gasteiger partial charge in [0.25, 0.3) is 0 Å². The third-order valence-electron chi connectivity index (χ3n) is 5.74. The molecule has 1 heterocycles. The summed E-state index contributed by atoms with van der Waals surface area (Å²) in [6.45, 7) is 2.27. The molecule has 0 N–H and O–H groups in total. The molecule has 0 bridgehead atoms. The second-order valence-corrected chi connectivity index (χ2v) is 8.43. The van der Waals surface area contributed by atoms with Crippen molar-refractivity contribution in [2.75, 3.05) is 0 Å². The molecule has 0 radical (unpaired) electrons. The fourth-order valence-electron chi connectivity index (χ4n) is 3.86. The summed E-state index contributed by atoms with van der Waals surface area (Å²) in [4.78, 5) is 12.3. The van der Waals surface area contributed by atoms with E-state index in [-0.39, 0.29) is 5.91 Å². The van der Waals surface area contributed by atoms with E-state index in [4.69, 9.17) is 0 Å². The Labute approximate surface area is 183 Å². The van der Waals surface area contributed by atoms with Gasteiger partial charge in [-0.05, 0) is 44.2 Å². The van der Waals surface area contributed by atoms with Crippen LogP contribution in [0.4, 0.5) is 0 Å². The standard InChI is InChI=1S/C26H41N3O/c1-2-3-4-5-6-7-8-9-10-11-12-13-14-15-16-17-18-23-26(30)29-25-22-20-19-21-24(25)27-28-29/h9-10,19-22H,2-8,11-18,23H2,1H3/b10-9+. The van der Waals surface area contributed by atoms with Crippen LogP contribution in [0.5, 0.6) is 0 Å². The highest BCUT2D eigenvalue weighted by Crippen LogP contribution is 2.14. The minimum atomic E-state index is 0.0523. The van der Waals surface area contributed by atoms with Crippen molar-refractivity contribution in [3.63, 3.8) is 0 Å². The van der Waals surface area contributed by atoms with Gasteiger partial charge in [-0.15, -0.1) is 5.10 Å². The molecule has 4 nitrogen and oxygen atoms in total. The molecule has 4 heteroatoms. The Morgan fingerprint density at radius 1 is 0.800 bits per heavy atom. The van der Waals surface area contributed by atoms with Crippen molar-refractivity contribution < 1.29 is 4.79 Å². The van der Waals surface area contributed by atoms with Crippen LogP contribution >= 0.6 is 0 Å². The van der Waals surface area contributed by atoms with Crippen molar-refractivity contribution in [1.82, 2.24) is 15.0 Å². The van der Waals surface area contributed by atoms with Crippen LogP contribution < -0.4 is 0 Å². The van der Waals surface area contributed by atoms with Crippen LogP contribution in [-0.4, -0.2) is 20.9 Å². The quantitative estimate of drug-likeness (QED) is 0.196. The topological polar surface area (TPSA) is 47.8 Å². The van der Waals surface area contributed by atoms with Gasteiger partial charge in [0.2, 0.25) is 5.91 Å². The normalized spacial score (nSPS) is 11.6. The van der Waals surface area contributed by atoms with Gasteiger partial charge in [0.05, 0.1) is 5.52 Å². The van der Waals surface area contributed by atoms with E-state index in [1.165, 1.54) is 88.2 Å². The van der Waals surface area contributed by atoms with E-state index in [9.17, 15) is 4.79 Å². The predicted molar refractivity (Wildman–Crippen MR) is 127 cm³/mol. The molecular weight excluding hydrogens is 370 g/mol. The highest BCUT2D eigenvalue weighted by Gasteiger charge is 2.10. The molecule has 0 fully saturated rings. The van der Waals surface area contributed by atoms with Crippen LogP contribution in [0, 0.1) is 0 Å². The van der Waals surface area contributed by atoms with E-state index < -0.39 is 0 Å². The van der Waals surface area contributed by atoms with Crippen LogP contribution in [0.1, 0.15) is 114 Å². The molecule has 0 saturated carbocycles. The monoisotopic (exact) mass is 411 g/mol. The van der Waals surface area contributed by atoms with Gasteiger partial charge in [-0.25, -0.2) is 0 Å². The highest BCUT2D eigenvalue weighted by molar-refractivity contribution is 5.88. The molecule has 166 valence electrons. The summed E-state index contributed by atoms with van der Waals surface area (Å²) in [5, 5.41) is 8.06. The first-order valence-corrected chi connectivity index (χ1v) is 12.3. The smallest absolute Gasteiger partial charge is 0.248 e. The van der Waals surface area contributed by atoms with Gasteiger partial charge in [-0.2, -0.15) is 4.68 Å². The summed E-state index contributed by atoms with van der Waals surface area (Å²) >= 11 is 0. The first-order chi connectivity index (χ1) is 14.8. The Morgan fingerprint density at radius 2 is 1.37 bits per heavy atom. The van der Waals surface area contributed by atoms with Gasteiger partial charge in [-0.1, -0.05) is 101 Å². The molecular formula is C26H41N3O. The Bertz CT molecular complexity index is 735. The van der Waals surface area contributed by atoms with E-state index in [1.54, 1.807) is 0 Å². The van der Waals surface area contributed by atoms with Gasteiger partial charge in [-0.3, -0.25) is 4.79 Å². The number of fused-ring (bicyclic) bond motifs is 1. The zero-order chi connectivity index (χ0) is 21.3. The molecule has 1 aromatic heterocycles. The molecule has 0 atom stereocenters. The van der Waals surface area contributed by atoms with Crippen LogP contribution in [0.2, 0.25) is 0 Å². The second kappa shape index (κ2) is 15.8. The van der Waals surface area contributed by atoms with Crippen LogP contribution in [-0.2, 0) is 0 Å². The van der Waals surface area contributed by atoms with E-state index in [2.05, 4.69) is 29.4 Å². The summed E-state index contributed by atoms with van der Waals surface area (Å²) in [6, 6.07) is 7.62. The third kappa shape index (κ3) is 9.69. The molecule has 2 rings (SSSR count). The lowest BCUT2D eigenvalue weighted by Gasteiger charge is -2.02. The number of carbonyl (C=O) groups is 1. The lowest BCUT2D eigenvalue weighted by atomic mass is 10.1. The SMILES string of the molecule is CCCCCCCC/C=C/CCCCCCCCCC(=O)n1nnc2ccccc21. The third-order valence-corrected chi connectivity index (χ3v) is 5.74. The lowest BCUT2D eigenvalue weighted by Crippen LogP contribution is -2.12. The second-order valence-electron chi connectivity index (χ2n) is 8.43. The Kier molecular flexibility index (Phi) is 12.8. The number of benzene rings is 1. The van der Waals surface area contributed by atoms with Crippen LogP contribution in [0.3, 0.4) is 0 Å². The highest BCUT2D eigenvalue weighted by atomic mass is 16.2. The number of allylic oxidation sites excluding steroid dienone is 2. The summed E-state index contributed by atoms with van der Waals surface area (Å²) in [5.74, 6) is 0.0523. The van der Waals surface area contributed by atoms with Crippen LogP contribution in [0.25, 0.3) is 11.0 Å². The molecule has 0 saturated heterocycles. The minimum absolute atomic E-state index is 0.0523. The molecule has 0 aliphatic rings. The fraction of sp³-hybridized carbons (Fsp3) is 0.654. The predicted octanol–water partition coefficient (Wildman–Crippen LogP) is 7.89. The summed E-state index contributed by atoms with van der Waals surface area (Å²) in [7, 11) is 0. The number of carbonyl (C=O) groups excluding carboxylic acids is 1. The van der Waals surface area contributed by atoms with Crippen molar-refractivity contribution in [2.45, 2.75) is 110 Å². The molecule has 30 heavy (non-hydrogen) atoms. The number of para-hydroxylation sites is 1. The number of unbranched alkanes of at least 4 members (excludes halogenated alkanes) is 13. The molecule has 0 amide bonds. The summed E-state index contributed by atoms with van der Waals surface area (Å²) in [5.41, 5.74) is 1.59. The van der Waals surface area contributed by atoms with Gasteiger partial charge in [0.15, 0.2) is 0 Å². The zero-order valence-electron chi connectivity index (χ0n) is 19.0. The van der Waals surface area contributed by atoms with Gasteiger partial charge >= 0.3 is 0 Å². The van der Waals surface area contributed by atoms with Gasteiger partial charge in [0.1, 0.15) is 5.52 Å². The summed E-state index contributed by atoms with van der Waals surface area (Å²) < 4.78 is 1.45. The average molecular weight is 412 g/mol. The Morgan fingerprint density at radius 3 is 2.03 bits per heavy atom. The number of hydrogen-bond donors (Lipinski definition) is 0. The Balaban J connectivity index is 1.38. The zero-order valence-corrected chi connectivity index (χ0v) is 19.0. The van der Waals surface area contributed by atoms with Gasteiger partial charge < -0.3 is 0 Å². The number of rotatable bonds is 17. The number of nitrogens with zero attached hydrogens (tertiary/aromatic N) is 3. The first-order valence-electron chi connectivity index (χ1n) is 12.3. The molecule has 2 aromatic rings. The lowest BCUT2D eigenvalue weighted by molar-refractivity contribution is 0.0886. The number of aromatic nitrogens is 3. The van der Waals surface area contributed by atoms with E-state index in [0.717, 1.165) is 23.9 Å². The van der Waals surface area contributed by atoms with E-state index in [1.807, 2.05) is 24.3 Å². The van der Waals surface area contributed by atoms with Crippen molar-refractivity contribution in [3.8, 4) is 0 Å². The average Bonchev–Trinajstić information content (AvgIpc) is 3.20. The van der Waals surface area contributed by atoms with Crippen molar-refractivity contribution in [2.24, 2.45) is 0 Å². The molecule has 0 unspecified atom stereocenters. The van der Waals surface area contributed by atoms with Crippen molar-refractivity contribution in [1.29, 1.82) is 0 Å². The van der Waals surface area contributed by atoms with Crippen LogP contribution in [0.15, 0.2) is 36.4 Å². The largest absolute Gasteiger partial charge is 0.273 e. The molecule has 0 spiro atoms. The maximum absolute atomic E-state index is 12.3. The van der Waals surface area contributed by atoms with E-state index in [0.29, 0.717) is 6.42 Å². The van der Waals surface area contributed by atoms with Crippen molar-refractivity contribution in [3.05, 3.63) is 36.4 Å². The molecule has 0 aliphatic heterocycles. The summed E-state index contributed by atoms with van der Waals surface area (Å²) in [6.07, 6.45) is 24.6. The molecule has 0 aliphatic carbocycles. The minimum Gasteiger partial charge on any atom is -0.273 e. The van der Waals surface area contributed by atoms with Gasteiger partial charge in [0, 0.05) is 6.42 Å².